The molecule has 23 heavy (non-hydrogen) atoms. The molecule has 0 amide bonds. The topological polar surface area (TPSA) is 97.2 Å². The maximum atomic E-state index is 11.1. The van der Waals surface area contributed by atoms with Crippen LogP contribution in [0, 0.1) is 10.1 Å². The van der Waals surface area contributed by atoms with Crippen LogP contribution in [0.25, 0.3) is 0 Å². The number of nitro benzene ring substituents is 1. The number of hydroxylamine groups is 2. The highest BCUT2D eigenvalue weighted by Gasteiger charge is 2.60. The highest BCUT2D eigenvalue weighted by Crippen LogP contribution is 2.51. The van der Waals surface area contributed by atoms with Crippen LogP contribution in [-0.2, 0) is 4.84 Å². The van der Waals surface area contributed by atoms with E-state index in [-0.39, 0.29) is 11.4 Å². The third kappa shape index (κ3) is 1.95. The van der Waals surface area contributed by atoms with E-state index < -0.39 is 16.4 Å². The highest BCUT2D eigenvalue weighted by molar-refractivity contribution is 5.75. The number of fused-ring (bicyclic) bond motifs is 2. The van der Waals surface area contributed by atoms with Crippen molar-refractivity contribution in [2.45, 2.75) is 25.3 Å². The van der Waals surface area contributed by atoms with Gasteiger partial charge < -0.3 is 15.4 Å². The molecule has 0 spiro atoms. The minimum atomic E-state index is -0.715. The average molecular weight is 316 g/mol. The van der Waals surface area contributed by atoms with E-state index >= 15 is 0 Å². The number of hydrogen-bond acceptors (Lipinski definition) is 7. The van der Waals surface area contributed by atoms with Crippen LogP contribution >= 0.6 is 0 Å². The Bertz CT molecular complexity index is 773. The van der Waals surface area contributed by atoms with Gasteiger partial charge in [-0.25, -0.2) is 4.84 Å². The fourth-order valence-electron chi connectivity index (χ4n) is 3.04. The van der Waals surface area contributed by atoms with E-state index in [2.05, 4.69) is 0 Å². The summed E-state index contributed by atoms with van der Waals surface area (Å²) in [6.45, 7) is 4.40. The number of rotatable bonds is 2. The maximum absolute atomic E-state index is 11.1. The first-order valence-corrected chi connectivity index (χ1v) is 7.21. The molecule has 2 N–H and O–H groups in total. The van der Waals surface area contributed by atoms with Crippen molar-refractivity contribution in [1.82, 2.24) is 5.06 Å². The predicted molar refractivity (Wildman–Crippen MR) is 83.5 cm³/mol. The summed E-state index contributed by atoms with van der Waals surface area (Å²) in [4.78, 5) is 18.4. The lowest BCUT2D eigenvalue weighted by molar-refractivity contribution is -0.384. The smallest absolute Gasteiger partial charge is 0.295 e. The fraction of sp³-hybridized carbons (Fsp3) is 0.333. The van der Waals surface area contributed by atoms with Gasteiger partial charge in [0.05, 0.1) is 23.2 Å². The molecule has 8 nitrogen and oxygen atoms in total. The normalized spacial score (nSPS) is 26.3. The number of nitrogens with zero attached hydrogens (tertiary/aromatic N) is 3. The molecule has 1 aromatic rings. The number of anilines is 2. The van der Waals surface area contributed by atoms with Crippen molar-refractivity contribution >= 4 is 17.1 Å². The largest absolute Gasteiger partial charge is 0.484 e. The van der Waals surface area contributed by atoms with Gasteiger partial charge in [-0.2, -0.15) is 5.06 Å². The van der Waals surface area contributed by atoms with Crippen molar-refractivity contribution < 1.29 is 14.5 Å². The summed E-state index contributed by atoms with van der Waals surface area (Å²) < 4.78 is 5.93. The van der Waals surface area contributed by atoms with Gasteiger partial charge >= 0.3 is 0 Å². The van der Waals surface area contributed by atoms with Gasteiger partial charge in [-0.15, -0.1) is 0 Å². The van der Waals surface area contributed by atoms with Gasteiger partial charge in [0.25, 0.3) is 11.5 Å². The second-order valence-corrected chi connectivity index (χ2v) is 6.36. The monoisotopic (exact) mass is 316 g/mol. The first-order chi connectivity index (χ1) is 10.8. The van der Waals surface area contributed by atoms with Crippen LogP contribution in [-0.4, -0.2) is 28.0 Å². The number of hydrogen-bond donors (Lipinski definition) is 1. The molecule has 1 unspecified atom stereocenters. The number of nitrogens with two attached hydrogens (primary N) is 1. The molecule has 1 aromatic carbocycles. The Labute approximate surface area is 132 Å². The van der Waals surface area contributed by atoms with Crippen molar-refractivity contribution in [2.75, 3.05) is 17.2 Å². The van der Waals surface area contributed by atoms with Crippen LogP contribution < -0.4 is 15.4 Å². The van der Waals surface area contributed by atoms with Crippen molar-refractivity contribution in [3.63, 3.8) is 0 Å². The van der Waals surface area contributed by atoms with E-state index in [0.29, 0.717) is 18.0 Å². The predicted octanol–water partition coefficient (Wildman–Crippen LogP) is 2.14. The molecule has 4 rings (SSSR count). The molecule has 3 heterocycles. The van der Waals surface area contributed by atoms with E-state index in [1.165, 1.54) is 6.07 Å². The minimum absolute atomic E-state index is 0.0981. The molecule has 3 aliphatic heterocycles. The second-order valence-electron chi connectivity index (χ2n) is 6.36. The quantitative estimate of drug-likeness (QED) is 0.386. The van der Waals surface area contributed by atoms with Crippen LogP contribution in [0.1, 0.15) is 13.8 Å². The Morgan fingerprint density at radius 3 is 2.83 bits per heavy atom. The molecule has 120 valence electrons. The lowest BCUT2D eigenvalue weighted by Crippen LogP contribution is -2.53. The van der Waals surface area contributed by atoms with Crippen LogP contribution in [0.3, 0.4) is 0 Å². The molecule has 0 aromatic heterocycles. The molecule has 1 atom stereocenters. The zero-order valence-electron chi connectivity index (χ0n) is 12.7. The number of nitro groups is 1. The van der Waals surface area contributed by atoms with E-state index in [4.69, 9.17) is 15.3 Å². The van der Waals surface area contributed by atoms with Crippen molar-refractivity contribution in [3.05, 3.63) is 46.7 Å². The van der Waals surface area contributed by atoms with Crippen molar-refractivity contribution in [3.8, 4) is 5.75 Å². The Balaban J connectivity index is 1.84. The Kier molecular flexibility index (Phi) is 2.52. The minimum Gasteiger partial charge on any atom is -0.484 e. The number of allylic oxidation sites excluding steroid dienone is 2. The van der Waals surface area contributed by atoms with Crippen LogP contribution in [0.2, 0.25) is 0 Å². The Hall–Kier alpha value is -2.74. The molecular formula is C15H16N4O4. The number of nitrogen functional groups attached to an aromatic ring is 1. The first kappa shape index (κ1) is 13.9. The molecule has 0 aliphatic carbocycles. The van der Waals surface area contributed by atoms with Crippen molar-refractivity contribution in [2.24, 2.45) is 0 Å². The average Bonchev–Trinajstić information content (AvgIpc) is 3.21. The molecule has 1 saturated heterocycles. The zero-order chi connectivity index (χ0) is 16.4. The van der Waals surface area contributed by atoms with Gasteiger partial charge in [0.1, 0.15) is 11.3 Å². The van der Waals surface area contributed by atoms with E-state index in [1.807, 2.05) is 43.2 Å². The van der Waals surface area contributed by atoms with E-state index in [0.717, 1.165) is 0 Å². The van der Waals surface area contributed by atoms with Crippen LogP contribution in [0.15, 0.2) is 36.6 Å². The lowest BCUT2D eigenvalue weighted by atomic mass is 10.0. The van der Waals surface area contributed by atoms with Gasteiger partial charge in [0.2, 0.25) is 0 Å². The molecule has 3 aliphatic rings. The Morgan fingerprint density at radius 1 is 1.35 bits per heavy atom. The third-order valence-electron chi connectivity index (χ3n) is 4.07. The van der Waals surface area contributed by atoms with Crippen LogP contribution in [0.5, 0.6) is 5.75 Å². The summed E-state index contributed by atoms with van der Waals surface area (Å²) in [7, 11) is 0. The van der Waals surface area contributed by atoms with Crippen molar-refractivity contribution in [1.29, 1.82) is 0 Å². The molecule has 8 heteroatoms. The van der Waals surface area contributed by atoms with Crippen LogP contribution in [0.4, 0.5) is 17.1 Å². The summed E-state index contributed by atoms with van der Waals surface area (Å²) in [6.07, 6.45) is 7.54. The summed E-state index contributed by atoms with van der Waals surface area (Å²) >= 11 is 0. The van der Waals surface area contributed by atoms with Gasteiger partial charge in [-0.3, -0.25) is 10.1 Å². The standard InChI is InChI=1S/C15H16N4O4/c1-14(2)9-17(15-5-3-4-6-18(15)23-15)12-7-10(16)11(19(20)21)8-13(12)22-14/h3-8H,9,16H2,1-2H3. The summed E-state index contributed by atoms with van der Waals surface area (Å²) in [5, 5.41) is 12.8. The number of benzene rings is 1. The zero-order valence-corrected chi connectivity index (χ0v) is 12.7. The van der Waals surface area contributed by atoms with Gasteiger partial charge in [0.15, 0.2) is 5.75 Å². The Morgan fingerprint density at radius 2 is 2.13 bits per heavy atom. The summed E-state index contributed by atoms with van der Waals surface area (Å²) in [5.74, 6) is -0.289. The van der Waals surface area contributed by atoms with E-state index in [9.17, 15) is 10.1 Å². The van der Waals surface area contributed by atoms with Gasteiger partial charge in [-0.1, -0.05) is 6.08 Å². The lowest BCUT2D eigenvalue weighted by Gasteiger charge is -2.42. The highest BCUT2D eigenvalue weighted by atomic mass is 16.9. The maximum Gasteiger partial charge on any atom is 0.295 e. The van der Waals surface area contributed by atoms with Gasteiger partial charge in [-0.05, 0) is 32.1 Å². The second kappa shape index (κ2) is 4.17. The SMILES string of the molecule is CC1(C)CN(C23C=CC=CN2O3)c2cc(N)c([N+](=O)[O-])cc2O1. The third-order valence-corrected chi connectivity index (χ3v) is 4.07. The van der Waals surface area contributed by atoms with Gasteiger partial charge in [0, 0.05) is 6.20 Å². The number of ether oxygens (including phenoxy) is 1. The molecule has 0 bridgehead atoms. The summed E-state index contributed by atoms with van der Waals surface area (Å²) in [6, 6.07) is 2.95. The molecule has 0 saturated carbocycles. The fourth-order valence-corrected chi connectivity index (χ4v) is 3.04. The summed E-state index contributed by atoms with van der Waals surface area (Å²) in [5.41, 5.74) is 5.94. The first-order valence-electron chi connectivity index (χ1n) is 7.21. The molecule has 0 radical (unpaired) electrons. The van der Waals surface area contributed by atoms with E-state index in [1.54, 1.807) is 11.1 Å². The molecule has 1 fully saturated rings. The molecular weight excluding hydrogens is 300 g/mol.